The lowest BCUT2D eigenvalue weighted by molar-refractivity contribution is -0.385. The molecule has 2 heterocycles. The Morgan fingerprint density at radius 3 is 2.50 bits per heavy atom. The van der Waals surface area contributed by atoms with Crippen LogP contribution in [0.1, 0.15) is 15.9 Å². The number of rotatable bonds is 5. The minimum Gasteiger partial charge on any atom is -0.490 e. The number of methoxy groups -OCH3 is 1. The molecule has 0 aromatic heterocycles. The Bertz CT molecular complexity index is 1370. The van der Waals surface area contributed by atoms with Crippen molar-refractivity contribution in [3.8, 4) is 16.9 Å². The number of nitrogens with one attached hydrogen (secondary N) is 2. The zero-order chi connectivity index (χ0) is 25.2. The predicted octanol–water partition coefficient (Wildman–Crippen LogP) is 4.70. The van der Waals surface area contributed by atoms with Crippen molar-refractivity contribution in [3.05, 3.63) is 75.8 Å². The molecule has 1 fully saturated rings. The number of amides is 2. The molecule has 2 amide bonds. The molecule has 0 bridgehead atoms. The number of nitro groups is 1. The lowest BCUT2D eigenvalue weighted by atomic mass is 10.0. The molecule has 3 aromatic rings. The number of hydrogen-bond donors (Lipinski definition) is 2. The first kappa shape index (κ1) is 23.7. The first-order valence-electron chi connectivity index (χ1n) is 11.5. The summed E-state index contributed by atoms with van der Waals surface area (Å²) in [6, 6.07) is 15.5. The summed E-state index contributed by atoms with van der Waals surface area (Å²) in [5.41, 5.74) is 4.60. The van der Waals surface area contributed by atoms with Gasteiger partial charge < -0.3 is 20.3 Å². The van der Waals surface area contributed by atoms with E-state index in [1.807, 2.05) is 40.9 Å². The second-order valence-corrected chi connectivity index (χ2v) is 9.76. The summed E-state index contributed by atoms with van der Waals surface area (Å²) in [6.07, 6.45) is 0.295. The highest BCUT2D eigenvalue weighted by atomic mass is 32.2. The molecule has 1 saturated heterocycles. The molecule has 9 nitrogen and oxygen atoms in total. The smallest absolute Gasteiger partial charge is 0.310 e. The number of benzene rings is 3. The van der Waals surface area contributed by atoms with Crippen LogP contribution in [0.5, 0.6) is 5.75 Å². The number of nitrogens with zero attached hydrogens (tertiary/aromatic N) is 2. The third-order valence-corrected chi connectivity index (χ3v) is 7.24. The highest BCUT2D eigenvalue weighted by molar-refractivity contribution is 7.99. The number of thioether (sulfide) groups is 1. The van der Waals surface area contributed by atoms with Crippen LogP contribution in [0.3, 0.4) is 0 Å². The van der Waals surface area contributed by atoms with Crippen LogP contribution in [-0.2, 0) is 11.2 Å². The van der Waals surface area contributed by atoms with Crippen molar-refractivity contribution in [2.75, 3.05) is 42.3 Å². The molecule has 36 heavy (non-hydrogen) atoms. The van der Waals surface area contributed by atoms with Crippen LogP contribution in [0.2, 0.25) is 0 Å². The van der Waals surface area contributed by atoms with Gasteiger partial charge in [-0.25, -0.2) is 0 Å². The van der Waals surface area contributed by atoms with E-state index in [2.05, 4.69) is 10.6 Å². The highest BCUT2D eigenvalue weighted by Gasteiger charge is 2.22. The van der Waals surface area contributed by atoms with Gasteiger partial charge >= 0.3 is 5.69 Å². The minimum atomic E-state index is -0.491. The largest absolute Gasteiger partial charge is 0.490 e. The summed E-state index contributed by atoms with van der Waals surface area (Å²) in [5.74, 6) is 1.93. The van der Waals surface area contributed by atoms with Crippen LogP contribution >= 0.6 is 11.8 Å². The van der Waals surface area contributed by atoms with E-state index >= 15 is 0 Å². The molecule has 184 valence electrons. The Kier molecular flexibility index (Phi) is 6.51. The Morgan fingerprint density at radius 2 is 1.75 bits per heavy atom. The van der Waals surface area contributed by atoms with Crippen LogP contribution in [0.4, 0.5) is 22.7 Å². The summed E-state index contributed by atoms with van der Waals surface area (Å²) in [6.45, 7) is 1.54. The van der Waals surface area contributed by atoms with E-state index in [0.29, 0.717) is 34.6 Å². The molecule has 3 aromatic carbocycles. The normalized spacial score (nSPS) is 14.6. The second-order valence-electron chi connectivity index (χ2n) is 8.53. The number of fused-ring (bicyclic) bond motifs is 2. The maximum absolute atomic E-state index is 12.9. The lowest BCUT2D eigenvalue weighted by Gasteiger charge is -2.26. The van der Waals surface area contributed by atoms with Crippen molar-refractivity contribution in [3.63, 3.8) is 0 Å². The van der Waals surface area contributed by atoms with E-state index < -0.39 is 4.92 Å². The molecule has 0 atom stereocenters. The monoisotopic (exact) mass is 504 g/mol. The van der Waals surface area contributed by atoms with Crippen molar-refractivity contribution in [2.45, 2.75) is 6.42 Å². The van der Waals surface area contributed by atoms with Crippen LogP contribution in [0.15, 0.2) is 54.6 Å². The van der Waals surface area contributed by atoms with Gasteiger partial charge in [-0.1, -0.05) is 12.1 Å². The van der Waals surface area contributed by atoms with Crippen LogP contribution in [-0.4, -0.2) is 53.3 Å². The molecular weight excluding hydrogens is 480 g/mol. The van der Waals surface area contributed by atoms with Crippen molar-refractivity contribution in [1.29, 1.82) is 0 Å². The highest BCUT2D eigenvalue weighted by Crippen LogP contribution is 2.37. The second kappa shape index (κ2) is 9.90. The van der Waals surface area contributed by atoms with Gasteiger partial charge in [-0.3, -0.25) is 19.7 Å². The minimum absolute atomic E-state index is 0.0997. The van der Waals surface area contributed by atoms with Gasteiger partial charge in [-0.05, 0) is 53.1 Å². The van der Waals surface area contributed by atoms with Gasteiger partial charge in [0.05, 0.1) is 41.1 Å². The van der Waals surface area contributed by atoms with Gasteiger partial charge in [0.15, 0.2) is 5.75 Å². The molecule has 2 aliphatic heterocycles. The van der Waals surface area contributed by atoms with Crippen molar-refractivity contribution in [1.82, 2.24) is 4.90 Å². The summed E-state index contributed by atoms with van der Waals surface area (Å²) in [7, 11) is 1.39. The van der Waals surface area contributed by atoms with Crippen molar-refractivity contribution >= 4 is 46.3 Å². The van der Waals surface area contributed by atoms with Gasteiger partial charge in [0.1, 0.15) is 0 Å². The third kappa shape index (κ3) is 4.72. The Labute approximate surface area is 212 Å². The molecule has 0 radical (unpaired) electrons. The lowest BCUT2D eigenvalue weighted by Crippen LogP contribution is -2.38. The van der Waals surface area contributed by atoms with Crippen LogP contribution in [0, 0.1) is 10.1 Å². The zero-order valence-electron chi connectivity index (χ0n) is 19.6. The first-order chi connectivity index (χ1) is 17.4. The molecular formula is C26H24N4O5S. The Hall–Kier alpha value is -4.05. The predicted molar refractivity (Wildman–Crippen MR) is 140 cm³/mol. The number of carbonyl (C=O) groups excluding carboxylic acids is 2. The van der Waals surface area contributed by atoms with Gasteiger partial charge in [-0.15, -0.1) is 0 Å². The third-order valence-electron chi connectivity index (χ3n) is 6.29. The summed E-state index contributed by atoms with van der Waals surface area (Å²) >= 11 is 1.86. The molecule has 0 aliphatic carbocycles. The van der Waals surface area contributed by atoms with E-state index in [4.69, 9.17) is 4.74 Å². The molecule has 2 N–H and O–H groups in total. The molecule has 2 aliphatic rings. The fraction of sp³-hybridized carbons (Fsp3) is 0.231. The molecule has 5 rings (SSSR count). The number of carbonyl (C=O) groups is 2. The molecule has 0 unspecified atom stereocenters. The van der Waals surface area contributed by atoms with Gasteiger partial charge in [0, 0.05) is 30.7 Å². The summed E-state index contributed by atoms with van der Waals surface area (Å²) < 4.78 is 5.20. The average molecular weight is 505 g/mol. The van der Waals surface area contributed by atoms with Crippen LogP contribution < -0.4 is 15.4 Å². The Morgan fingerprint density at radius 1 is 1.00 bits per heavy atom. The maximum Gasteiger partial charge on any atom is 0.310 e. The number of hydrogen-bond acceptors (Lipinski definition) is 7. The van der Waals surface area contributed by atoms with Gasteiger partial charge in [0.25, 0.3) is 5.91 Å². The van der Waals surface area contributed by atoms with Crippen LogP contribution in [0.25, 0.3) is 11.1 Å². The summed E-state index contributed by atoms with van der Waals surface area (Å²) in [5, 5.41) is 17.5. The summed E-state index contributed by atoms with van der Waals surface area (Å²) in [4.78, 5) is 38.3. The van der Waals surface area contributed by atoms with E-state index in [1.54, 1.807) is 24.3 Å². The van der Waals surface area contributed by atoms with E-state index in [1.165, 1.54) is 13.2 Å². The van der Waals surface area contributed by atoms with E-state index in [-0.39, 0.29) is 23.3 Å². The quantitative estimate of drug-likeness (QED) is 0.382. The number of ether oxygens (including phenoxy) is 1. The standard InChI is InChI=1S/C26H24N4O5S/c1-35-24-15-18(4-7-23(24)30(33)34)17-3-5-19-21(14-17)27-22-12-16(2-6-20(22)28-26(19)32)13-25(31)29-8-10-36-11-9-29/h2-7,12,14-15,27H,8-11,13H2,1H3,(H,28,32). The Balaban J connectivity index is 1.44. The zero-order valence-corrected chi connectivity index (χ0v) is 20.4. The first-order valence-corrected chi connectivity index (χ1v) is 12.6. The number of nitro benzene ring substituents is 1. The van der Waals surface area contributed by atoms with Gasteiger partial charge in [-0.2, -0.15) is 11.8 Å². The average Bonchev–Trinajstić information content (AvgIpc) is 3.03. The van der Waals surface area contributed by atoms with E-state index in [9.17, 15) is 19.7 Å². The number of anilines is 3. The fourth-order valence-electron chi connectivity index (χ4n) is 4.38. The molecule has 10 heteroatoms. The topological polar surface area (TPSA) is 114 Å². The molecule has 0 spiro atoms. The SMILES string of the molecule is COc1cc(-c2ccc3c(c2)Nc2cc(CC(=O)N4CCSCC4)ccc2NC3=O)ccc1[N+](=O)[O-]. The van der Waals surface area contributed by atoms with Crippen molar-refractivity contribution < 1.29 is 19.2 Å². The van der Waals surface area contributed by atoms with Gasteiger partial charge in [0.2, 0.25) is 5.91 Å². The van der Waals surface area contributed by atoms with E-state index in [0.717, 1.165) is 35.7 Å². The fourth-order valence-corrected chi connectivity index (χ4v) is 5.28. The maximum atomic E-state index is 12.9. The molecule has 0 saturated carbocycles. The van der Waals surface area contributed by atoms with Crippen molar-refractivity contribution in [2.24, 2.45) is 0 Å².